The highest BCUT2D eigenvalue weighted by Gasteiger charge is 2.12. The minimum atomic E-state index is -0.335. The molecule has 0 fully saturated rings. The van der Waals surface area contributed by atoms with Gasteiger partial charge in [0.2, 0.25) is 0 Å². The predicted octanol–water partition coefficient (Wildman–Crippen LogP) is 1.82. The second-order valence-electron chi connectivity index (χ2n) is 3.58. The van der Waals surface area contributed by atoms with Crippen molar-refractivity contribution in [2.24, 2.45) is 0 Å². The van der Waals surface area contributed by atoms with Crippen molar-refractivity contribution < 1.29 is 0 Å². The molecule has 0 atom stereocenters. The second kappa shape index (κ2) is 4.85. The summed E-state index contributed by atoms with van der Waals surface area (Å²) >= 11 is 7.48. The monoisotopic (exact) mass is 270 g/mol. The average Bonchev–Trinajstić information content (AvgIpc) is 2.68. The average molecular weight is 271 g/mol. The third-order valence-electron chi connectivity index (χ3n) is 2.21. The molecule has 17 heavy (non-hydrogen) atoms. The first kappa shape index (κ1) is 12.1. The molecule has 5 nitrogen and oxygen atoms in total. The third kappa shape index (κ3) is 2.65. The zero-order chi connectivity index (χ0) is 12.4. The number of halogens is 1. The highest BCUT2D eigenvalue weighted by atomic mass is 35.5. The van der Waals surface area contributed by atoms with E-state index in [2.05, 4.69) is 15.0 Å². The first-order valence-corrected chi connectivity index (χ1v) is 6.19. The zero-order valence-electron chi connectivity index (χ0n) is 9.40. The summed E-state index contributed by atoms with van der Waals surface area (Å²) in [5, 5.41) is 3.09. The van der Waals surface area contributed by atoms with Crippen molar-refractivity contribution in [3.05, 3.63) is 37.8 Å². The molecule has 0 aromatic carbocycles. The zero-order valence-corrected chi connectivity index (χ0v) is 11.0. The van der Waals surface area contributed by atoms with Gasteiger partial charge in [0.1, 0.15) is 5.02 Å². The number of thiazole rings is 1. The summed E-state index contributed by atoms with van der Waals surface area (Å²) in [4.78, 5) is 24.0. The Morgan fingerprint density at radius 1 is 1.59 bits per heavy atom. The van der Waals surface area contributed by atoms with Crippen LogP contribution in [0, 0.1) is 6.92 Å². The highest BCUT2D eigenvalue weighted by Crippen LogP contribution is 2.19. The lowest BCUT2D eigenvalue weighted by molar-refractivity contribution is 0.862. The normalized spacial score (nSPS) is 10.5. The number of aryl methyl sites for hydroxylation is 1. The Balaban J connectivity index is 2.23. The van der Waals surface area contributed by atoms with Crippen LogP contribution in [-0.4, -0.2) is 22.0 Å². The van der Waals surface area contributed by atoms with Crippen LogP contribution in [0.5, 0.6) is 0 Å². The smallest absolute Gasteiger partial charge is 0.271 e. The minimum Gasteiger partial charge on any atom is -0.352 e. The SMILES string of the molecule is Cc1nc(CN(C)c2nc[nH]c(=O)c2Cl)cs1. The van der Waals surface area contributed by atoms with E-state index in [1.54, 1.807) is 16.2 Å². The summed E-state index contributed by atoms with van der Waals surface area (Å²) in [5.74, 6) is 0.459. The second-order valence-corrected chi connectivity index (χ2v) is 5.02. The van der Waals surface area contributed by atoms with Gasteiger partial charge in [0.25, 0.3) is 5.56 Å². The fourth-order valence-corrected chi connectivity index (χ4v) is 2.29. The summed E-state index contributed by atoms with van der Waals surface area (Å²) < 4.78 is 0. The van der Waals surface area contributed by atoms with Gasteiger partial charge in [-0.15, -0.1) is 11.3 Å². The molecule has 0 saturated carbocycles. The number of nitrogens with zero attached hydrogens (tertiary/aromatic N) is 3. The molecule has 0 aliphatic heterocycles. The van der Waals surface area contributed by atoms with Gasteiger partial charge >= 0.3 is 0 Å². The van der Waals surface area contributed by atoms with E-state index < -0.39 is 0 Å². The van der Waals surface area contributed by atoms with Crippen molar-refractivity contribution in [2.45, 2.75) is 13.5 Å². The molecule has 2 aromatic heterocycles. The number of hydrogen-bond acceptors (Lipinski definition) is 5. The maximum Gasteiger partial charge on any atom is 0.271 e. The van der Waals surface area contributed by atoms with Crippen LogP contribution in [0.25, 0.3) is 0 Å². The first-order valence-electron chi connectivity index (χ1n) is 4.93. The van der Waals surface area contributed by atoms with Crippen LogP contribution in [-0.2, 0) is 6.54 Å². The molecular weight excluding hydrogens is 260 g/mol. The van der Waals surface area contributed by atoms with Gasteiger partial charge in [0, 0.05) is 12.4 Å². The molecule has 0 aliphatic carbocycles. The number of nitrogens with one attached hydrogen (secondary N) is 1. The summed E-state index contributed by atoms with van der Waals surface area (Å²) in [7, 11) is 1.82. The molecule has 2 heterocycles. The van der Waals surface area contributed by atoms with Crippen LogP contribution >= 0.6 is 22.9 Å². The Morgan fingerprint density at radius 2 is 2.35 bits per heavy atom. The first-order chi connectivity index (χ1) is 8.08. The molecule has 1 N–H and O–H groups in total. The van der Waals surface area contributed by atoms with Crippen molar-refractivity contribution in [3.8, 4) is 0 Å². The standard InChI is InChI=1S/C10H11ClN4OS/c1-6-14-7(4-17-6)3-15(2)9-8(11)10(16)13-5-12-9/h4-5H,3H2,1-2H3,(H,12,13,16). The molecule has 2 rings (SSSR count). The number of aromatic nitrogens is 3. The maximum absolute atomic E-state index is 11.3. The van der Waals surface area contributed by atoms with E-state index in [1.165, 1.54) is 6.33 Å². The molecule has 0 bridgehead atoms. The Morgan fingerprint density at radius 3 is 3.00 bits per heavy atom. The molecule has 0 spiro atoms. The highest BCUT2D eigenvalue weighted by molar-refractivity contribution is 7.09. The van der Waals surface area contributed by atoms with Crippen LogP contribution in [0.3, 0.4) is 0 Å². The molecule has 2 aromatic rings. The van der Waals surface area contributed by atoms with E-state index in [0.29, 0.717) is 12.4 Å². The number of anilines is 1. The Labute approximate surface area is 107 Å². The lowest BCUT2D eigenvalue weighted by Gasteiger charge is -2.17. The van der Waals surface area contributed by atoms with E-state index in [4.69, 9.17) is 11.6 Å². The van der Waals surface area contributed by atoms with Crippen molar-refractivity contribution in [2.75, 3.05) is 11.9 Å². The summed E-state index contributed by atoms with van der Waals surface area (Å²) in [6, 6.07) is 0. The largest absolute Gasteiger partial charge is 0.352 e. The summed E-state index contributed by atoms with van der Waals surface area (Å²) in [5.41, 5.74) is 0.603. The summed E-state index contributed by atoms with van der Waals surface area (Å²) in [6.45, 7) is 2.52. The van der Waals surface area contributed by atoms with E-state index in [1.807, 2.05) is 19.4 Å². The van der Waals surface area contributed by atoms with Crippen LogP contribution in [0.2, 0.25) is 5.02 Å². The van der Waals surface area contributed by atoms with Gasteiger partial charge < -0.3 is 9.88 Å². The lowest BCUT2D eigenvalue weighted by Crippen LogP contribution is -2.21. The number of rotatable bonds is 3. The Bertz CT molecular complexity index is 580. The van der Waals surface area contributed by atoms with Crippen molar-refractivity contribution in [3.63, 3.8) is 0 Å². The molecule has 0 aliphatic rings. The molecule has 0 unspecified atom stereocenters. The minimum absolute atomic E-state index is 0.0990. The topological polar surface area (TPSA) is 61.9 Å². The van der Waals surface area contributed by atoms with Crippen molar-refractivity contribution >= 4 is 28.8 Å². The van der Waals surface area contributed by atoms with Gasteiger partial charge in [-0.2, -0.15) is 0 Å². The van der Waals surface area contributed by atoms with Gasteiger partial charge in [-0.25, -0.2) is 9.97 Å². The molecular formula is C10H11ClN4OS. The molecule has 90 valence electrons. The number of hydrogen-bond donors (Lipinski definition) is 1. The van der Waals surface area contributed by atoms with E-state index in [9.17, 15) is 4.79 Å². The molecule has 0 amide bonds. The van der Waals surface area contributed by atoms with Crippen LogP contribution < -0.4 is 10.5 Å². The van der Waals surface area contributed by atoms with Crippen LogP contribution in [0.4, 0.5) is 5.82 Å². The summed E-state index contributed by atoms with van der Waals surface area (Å²) in [6.07, 6.45) is 1.34. The van der Waals surface area contributed by atoms with Gasteiger partial charge in [-0.1, -0.05) is 11.6 Å². The fraction of sp³-hybridized carbons (Fsp3) is 0.300. The quantitative estimate of drug-likeness (QED) is 0.924. The predicted molar refractivity (Wildman–Crippen MR) is 68.8 cm³/mol. The van der Waals surface area contributed by atoms with Crippen molar-refractivity contribution in [1.82, 2.24) is 15.0 Å². The van der Waals surface area contributed by atoms with Crippen LogP contribution in [0.1, 0.15) is 10.7 Å². The maximum atomic E-state index is 11.3. The van der Waals surface area contributed by atoms with Gasteiger partial charge in [0.15, 0.2) is 5.82 Å². The van der Waals surface area contributed by atoms with E-state index in [-0.39, 0.29) is 10.6 Å². The van der Waals surface area contributed by atoms with Crippen LogP contribution in [0.15, 0.2) is 16.5 Å². The van der Waals surface area contributed by atoms with Gasteiger partial charge in [-0.3, -0.25) is 4.79 Å². The lowest BCUT2D eigenvalue weighted by atomic mass is 10.4. The Kier molecular flexibility index (Phi) is 3.44. The van der Waals surface area contributed by atoms with E-state index >= 15 is 0 Å². The molecule has 0 radical (unpaired) electrons. The van der Waals surface area contributed by atoms with Crippen molar-refractivity contribution in [1.29, 1.82) is 0 Å². The van der Waals surface area contributed by atoms with Gasteiger partial charge in [-0.05, 0) is 6.92 Å². The van der Waals surface area contributed by atoms with E-state index in [0.717, 1.165) is 10.7 Å². The third-order valence-corrected chi connectivity index (χ3v) is 3.37. The number of H-pyrrole nitrogens is 1. The number of aromatic amines is 1. The fourth-order valence-electron chi connectivity index (χ4n) is 1.44. The molecule has 7 heteroatoms. The molecule has 0 saturated heterocycles. The van der Waals surface area contributed by atoms with Gasteiger partial charge in [0.05, 0.1) is 23.6 Å². The Hall–Kier alpha value is -1.40.